The smallest absolute Gasteiger partial charge is 0.133 e. The Hall–Kier alpha value is -0.370. The van der Waals surface area contributed by atoms with Crippen LogP contribution in [0.25, 0.3) is 0 Å². The Labute approximate surface area is 75.0 Å². The summed E-state index contributed by atoms with van der Waals surface area (Å²) < 4.78 is 0. The van der Waals surface area contributed by atoms with E-state index < -0.39 is 0 Å². The minimum absolute atomic E-state index is 0.0740. The van der Waals surface area contributed by atoms with Crippen molar-refractivity contribution in [3.63, 3.8) is 0 Å². The summed E-state index contributed by atoms with van der Waals surface area (Å²) in [5.74, 6) is 0.875. The molecule has 0 fully saturated rings. The average Bonchev–Trinajstić information content (AvgIpc) is 2.03. The summed E-state index contributed by atoms with van der Waals surface area (Å²) in [5.41, 5.74) is 0. The number of aliphatic hydroxyl groups is 1. The van der Waals surface area contributed by atoms with Crippen molar-refractivity contribution >= 4 is 5.78 Å². The summed E-state index contributed by atoms with van der Waals surface area (Å²) >= 11 is 0. The summed E-state index contributed by atoms with van der Waals surface area (Å²) in [6, 6.07) is 0. The summed E-state index contributed by atoms with van der Waals surface area (Å²) in [5, 5.41) is 8.72. The first-order valence-electron chi connectivity index (χ1n) is 4.73. The molecule has 2 heteroatoms. The van der Waals surface area contributed by atoms with Gasteiger partial charge in [0.1, 0.15) is 5.78 Å². The molecule has 0 aliphatic carbocycles. The third-order valence-electron chi connectivity index (χ3n) is 2.44. The molecule has 12 heavy (non-hydrogen) atoms. The number of carbonyl (C=O) groups excluding carboxylic acids is 1. The maximum Gasteiger partial charge on any atom is 0.133 e. The van der Waals surface area contributed by atoms with Gasteiger partial charge in [-0.1, -0.05) is 20.3 Å². The Morgan fingerprint density at radius 2 is 2.08 bits per heavy atom. The van der Waals surface area contributed by atoms with E-state index in [2.05, 4.69) is 13.8 Å². The van der Waals surface area contributed by atoms with Gasteiger partial charge in [-0.15, -0.1) is 0 Å². The Balaban J connectivity index is 3.86. The molecule has 0 aromatic heterocycles. The van der Waals surface area contributed by atoms with Crippen LogP contribution in [0, 0.1) is 11.8 Å². The first-order valence-corrected chi connectivity index (χ1v) is 4.73. The van der Waals surface area contributed by atoms with Crippen LogP contribution in [0.15, 0.2) is 0 Å². The highest BCUT2D eigenvalue weighted by Gasteiger charge is 2.15. The van der Waals surface area contributed by atoms with Gasteiger partial charge in [0.2, 0.25) is 0 Å². The van der Waals surface area contributed by atoms with Crippen LogP contribution in [0.5, 0.6) is 0 Å². The quantitative estimate of drug-likeness (QED) is 0.665. The van der Waals surface area contributed by atoms with Crippen LogP contribution in [0.3, 0.4) is 0 Å². The summed E-state index contributed by atoms with van der Waals surface area (Å²) in [7, 11) is 0. The van der Waals surface area contributed by atoms with Crippen molar-refractivity contribution in [3.8, 4) is 0 Å². The highest BCUT2D eigenvalue weighted by atomic mass is 16.3. The fourth-order valence-electron chi connectivity index (χ4n) is 1.30. The SMILES string of the molecule is CCC(C)CC(CCO)C(C)=O. The topological polar surface area (TPSA) is 37.3 Å². The molecule has 0 rings (SSSR count). The molecule has 2 nitrogen and oxygen atoms in total. The molecular weight excluding hydrogens is 152 g/mol. The van der Waals surface area contributed by atoms with E-state index in [1.54, 1.807) is 6.92 Å². The summed E-state index contributed by atoms with van der Waals surface area (Å²) in [6.07, 6.45) is 2.65. The van der Waals surface area contributed by atoms with Crippen molar-refractivity contribution in [1.29, 1.82) is 0 Å². The van der Waals surface area contributed by atoms with Crippen LogP contribution in [-0.2, 0) is 4.79 Å². The second-order valence-electron chi connectivity index (χ2n) is 3.57. The third kappa shape index (κ3) is 4.50. The van der Waals surface area contributed by atoms with Gasteiger partial charge in [-0.05, 0) is 25.7 Å². The lowest BCUT2D eigenvalue weighted by Crippen LogP contribution is -2.15. The van der Waals surface area contributed by atoms with Gasteiger partial charge < -0.3 is 5.11 Å². The number of hydrogen-bond donors (Lipinski definition) is 1. The Morgan fingerprint density at radius 1 is 1.50 bits per heavy atom. The van der Waals surface area contributed by atoms with E-state index in [0.29, 0.717) is 12.3 Å². The van der Waals surface area contributed by atoms with Crippen molar-refractivity contribution < 1.29 is 9.90 Å². The fraction of sp³-hybridized carbons (Fsp3) is 0.900. The van der Waals surface area contributed by atoms with Crippen LogP contribution in [0.4, 0.5) is 0 Å². The molecule has 0 radical (unpaired) electrons. The third-order valence-corrected chi connectivity index (χ3v) is 2.44. The lowest BCUT2D eigenvalue weighted by Gasteiger charge is -2.16. The summed E-state index contributed by atoms with van der Waals surface area (Å²) in [6.45, 7) is 6.01. The Morgan fingerprint density at radius 3 is 2.42 bits per heavy atom. The molecule has 0 spiro atoms. The van der Waals surface area contributed by atoms with E-state index in [9.17, 15) is 4.79 Å². The molecule has 72 valence electrons. The van der Waals surface area contributed by atoms with Crippen LogP contribution >= 0.6 is 0 Å². The zero-order chi connectivity index (χ0) is 9.56. The van der Waals surface area contributed by atoms with E-state index in [4.69, 9.17) is 5.11 Å². The van der Waals surface area contributed by atoms with Crippen molar-refractivity contribution in [2.75, 3.05) is 6.61 Å². The molecule has 1 N–H and O–H groups in total. The fourth-order valence-corrected chi connectivity index (χ4v) is 1.30. The molecule has 0 saturated heterocycles. The predicted molar refractivity (Wildman–Crippen MR) is 49.9 cm³/mol. The van der Waals surface area contributed by atoms with Gasteiger partial charge in [0, 0.05) is 12.5 Å². The second kappa shape index (κ2) is 6.18. The van der Waals surface area contributed by atoms with E-state index in [1.807, 2.05) is 0 Å². The zero-order valence-electron chi connectivity index (χ0n) is 8.34. The Bertz CT molecular complexity index is 132. The van der Waals surface area contributed by atoms with Crippen LogP contribution in [0.1, 0.15) is 40.0 Å². The highest BCUT2D eigenvalue weighted by molar-refractivity contribution is 5.78. The van der Waals surface area contributed by atoms with E-state index in [0.717, 1.165) is 12.8 Å². The van der Waals surface area contributed by atoms with Gasteiger partial charge in [-0.3, -0.25) is 4.79 Å². The molecule has 0 aliphatic rings. The number of aliphatic hydroxyl groups excluding tert-OH is 1. The van der Waals surface area contributed by atoms with E-state index in [-0.39, 0.29) is 18.3 Å². The van der Waals surface area contributed by atoms with Gasteiger partial charge >= 0.3 is 0 Å². The van der Waals surface area contributed by atoms with Crippen molar-refractivity contribution in [2.45, 2.75) is 40.0 Å². The first-order chi connectivity index (χ1) is 5.61. The molecule has 0 aromatic rings. The zero-order valence-corrected chi connectivity index (χ0v) is 8.34. The standard InChI is InChI=1S/C10H20O2/c1-4-8(2)7-10(5-6-11)9(3)12/h8,10-11H,4-7H2,1-3H3. The number of hydrogen-bond acceptors (Lipinski definition) is 2. The molecule has 0 amide bonds. The highest BCUT2D eigenvalue weighted by Crippen LogP contribution is 2.18. The van der Waals surface area contributed by atoms with Crippen molar-refractivity contribution in [1.82, 2.24) is 0 Å². The lowest BCUT2D eigenvalue weighted by molar-refractivity contribution is -0.121. The normalized spacial score (nSPS) is 15.7. The summed E-state index contributed by atoms with van der Waals surface area (Å²) in [4.78, 5) is 11.1. The van der Waals surface area contributed by atoms with Crippen LogP contribution in [0.2, 0.25) is 0 Å². The molecule has 0 aromatic carbocycles. The molecular formula is C10H20O2. The van der Waals surface area contributed by atoms with Crippen LogP contribution < -0.4 is 0 Å². The van der Waals surface area contributed by atoms with Gasteiger partial charge in [-0.2, -0.15) is 0 Å². The maximum absolute atomic E-state index is 11.1. The molecule has 0 aliphatic heterocycles. The molecule has 0 saturated carbocycles. The first kappa shape index (κ1) is 11.6. The number of ketones is 1. The molecule has 2 unspecified atom stereocenters. The van der Waals surface area contributed by atoms with E-state index >= 15 is 0 Å². The monoisotopic (exact) mass is 172 g/mol. The van der Waals surface area contributed by atoms with Gasteiger partial charge in [0.15, 0.2) is 0 Å². The average molecular weight is 172 g/mol. The second-order valence-corrected chi connectivity index (χ2v) is 3.57. The maximum atomic E-state index is 11.1. The molecule has 0 heterocycles. The predicted octanol–water partition coefficient (Wildman–Crippen LogP) is 2.01. The van der Waals surface area contributed by atoms with Gasteiger partial charge in [0.05, 0.1) is 0 Å². The lowest BCUT2D eigenvalue weighted by atomic mass is 9.89. The van der Waals surface area contributed by atoms with Gasteiger partial charge in [0.25, 0.3) is 0 Å². The number of Topliss-reactive ketones (excluding diaryl/α,β-unsaturated/α-hetero) is 1. The van der Waals surface area contributed by atoms with Crippen molar-refractivity contribution in [3.05, 3.63) is 0 Å². The minimum Gasteiger partial charge on any atom is -0.396 e. The molecule has 0 bridgehead atoms. The van der Waals surface area contributed by atoms with Crippen molar-refractivity contribution in [2.24, 2.45) is 11.8 Å². The van der Waals surface area contributed by atoms with Gasteiger partial charge in [-0.25, -0.2) is 0 Å². The minimum atomic E-state index is 0.0740. The molecule has 2 atom stereocenters. The largest absolute Gasteiger partial charge is 0.396 e. The Kier molecular flexibility index (Phi) is 5.99. The number of rotatable bonds is 6. The van der Waals surface area contributed by atoms with E-state index in [1.165, 1.54) is 0 Å². The van der Waals surface area contributed by atoms with Crippen LogP contribution in [-0.4, -0.2) is 17.5 Å². The number of carbonyl (C=O) groups is 1.